The van der Waals surface area contributed by atoms with Crippen LogP contribution in [0.15, 0.2) is 6.20 Å². The van der Waals surface area contributed by atoms with Crippen molar-refractivity contribution in [1.82, 2.24) is 19.9 Å². The second-order valence-corrected chi connectivity index (χ2v) is 6.77. The van der Waals surface area contributed by atoms with Gasteiger partial charge in [0.05, 0.1) is 24.9 Å². The summed E-state index contributed by atoms with van der Waals surface area (Å²) in [5, 5.41) is 7.86. The Labute approximate surface area is 125 Å². The van der Waals surface area contributed by atoms with Crippen LogP contribution in [0.5, 0.6) is 0 Å². The highest BCUT2D eigenvalue weighted by atomic mass is 16.6. The van der Waals surface area contributed by atoms with Crippen LogP contribution >= 0.6 is 0 Å². The first-order valence-electron chi connectivity index (χ1n) is 7.14. The molecule has 0 N–H and O–H groups in total. The maximum atomic E-state index is 12.0. The number of carbonyl (C=O) groups excluding carboxylic acids is 1. The molecule has 1 amide bonds. The third-order valence-corrected chi connectivity index (χ3v) is 3.31. The van der Waals surface area contributed by atoms with Gasteiger partial charge in [-0.15, -0.1) is 5.10 Å². The van der Waals surface area contributed by atoms with Gasteiger partial charge < -0.3 is 14.4 Å². The topological polar surface area (TPSA) is 69.5 Å². The molecule has 7 nitrogen and oxygen atoms in total. The summed E-state index contributed by atoms with van der Waals surface area (Å²) in [6.45, 7) is 9.18. The Bertz CT molecular complexity index is 509. The smallest absolute Gasteiger partial charge is 0.410 e. The molecule has 21 heavy (non-hydrogen) atoms. The maximum absolute atomic E-state index is 12.0. The highest BCUT2D eigenvalue weighted by molar-refractivity contribution is 5.68. The minimum atomic E-state index is -0.476. The molecule has 118 valence electrons. The van der Waals surface area contributed by atoms with Crippen molar-refractivity contribution >= 4 is 6.09 Å². The van der Waals surface area contributed by atoms with E-state index in [-0.39, 0.29) is 11.7 Å². The predicted molar refractivity (Wildman–Crippen MR) is 76.6 cm³/mol. The van der Waals surface area contributed by atoms with Gasteiger partial charge in [0.1, 0.15) is 11.3 Å². The minimum Gasteiger partial charge on any atom is -0.444 e. The van der Waals surface area contributed by atoms with Crippen molar-refractivity contribution in [3.8, 4) is 0 Å². The van der Waals surface area contributed by atoms with Gasteiger partial charge in [-0.2, -0.15) is 0 Å². The molecule has 7 heteroatoms. The lowest BCUT2D eigenvalue weighted by Gasteiger charge is -2.27. The SMILES string of the molecule is Cn1cc(COC2(C)CCN(C(=O)OC(C)(C)C)C2)nn1. The molecule has 1 saturated heterocycles. The molecule has 0 spiro atoms. The number of likely N-dealkylation sites (tertiary alicyclic amines) is 1. The Balaban J connectivity index is 1.86. The first-order valence-corrected chi connectivity index (χ1v) is 7.14. The van der Waals surface area contributed by atoms with E-state index >= 15 is 0 Å². The first-order chi connectivity index (χ1) is 9.67. The number of hydrogen-bond acceptors (Lipinski definition) is 5. The number of carbonyl (C=O) groups is 1. The van der Waals surface area contributed by atoms with Crippen LogP contribution in [0.25, 0.3) is 0 Å². The molecule has 0 aromatic carbocycles. The van der Waals surface area contributed by atoms with Crippen molar-refractivity contribution < 1.29 is 14.3 Å². The van der Waals surface area contributed by atoms with Crippen molar-refractivity contribution in [2.45, 2.75) is 51.9 Å². The van der Waals surface area contributed by atoms with Crippen molar-refractivity contribution in [3.63, 3.8) is 0 Å². The van der Waals surface area contributed by atoms with Crippen LogP contribution in [0.2, 0.25) is 0 Å². The van der Waals surface area contributed by atoms with Gasteiger partial charge >= 0.3 is 6.09 Å². The molecule has 2 rings (SSSR count). The summed E-state index contributed by atoms with van der Waals surface area (Å²) >= 11 is 0. The fourth-order valence-corrected chi connectivity index (χ4v) is 2.24. The second kappa shape index (κ2) is 5.63. The number of aryl methyl sites for hydroxylation is 1. The number of rotatable bonds is 3. The van der Waals surface area contributed by atoms with Crippen LogP contribution in [0, 0.1) is 0 Å². The largest absolute Gasteiger partial charge is 0.444 e. The Morgan fingerprint density at radius 2 is 2.19 bits per heavy atom. The van der Waals surface area contributed by atoms with Crippen LogP contribution in [0.4, 0.5) is 4.79 Å². The molecule has 1 aliphatic heterocycles. The zero-order valence-corrected chi connectivity index (χ0v) is 13.4. The van der Waals surface area contributed by atoms with Gasteiger partial charge in [0.25, 0.3) is 0 Å². The summed E-state index contributed by atoms with van der Waals surface area (Å²) in [6, 6.07) is 0. The third kappa shape index (κ3) is 4.42. The summed E-state index contributed by atoms with van der Waals surface area (Å²) in [5.74, 6) is 0. The Morgan fingerprint density at radius 3 is 2.76 bits per heavy atom. The molecule has 1 atom stereocenters. The van der Waals surface area contributed by atoms with Crippen molar-refractivity contribution in [3.05, 3.63) is 11.9 Å². The molecule has 1 aromatic heterocycles. The monoisotopic (exact) mass is 296 g/mol. The van der Waals surface area contributed by atoms with Crippen molar-refractivity contribution in [1.29, 1.82) is 0 Å². The van der Waals surface area contributed by atoms with Crippen molar-refractivity contribution in [2.24, 2.45) is 7.05 Å². The van der Waals surface area contributed by atoms with Gasteiger partial charge in [0.15, 0.2) is 0 Å². The number of ether oxygens (including phenoxy) is 2. The van der Waals surface area contributed by atoms with Crippen LogP contribution in [0.3, 0.4) is 0 Å². The lowest BCUT2D eigenvalue weighted by Crippen LogP contribution is -2.39. The summed E-state index contributed by atoms with van der Waals surface area (Å²) < 4.78 is 13.0. The van der Waals surface area contributed by atoms with Crippen LogP contribution in [-0.4, -0.2) is 50.3 Å². The lowest BCUT2D eigenvalue weighted by molar-refractivity contribution is -0.0387. The number of hydrogen-bond donors (Lipinski definition) is 0. The Kier molecular flexibility index (Phi) is 4.22. The van der Waals surface area contributed by atoms with E-state index in [1.54, 1.807) is 9.58 Å². The van der Waals surface area contributed by atoms with E-state index in [4.69, 9.17) is 9.47 Å². The van der Waals surface area contributed by atoms with E-state index in [9.17, 15) is 4.79 Å². The number of aromatic nitrogens is 3. The summed E-state index contributed by atoms with van der Waals surface area (Å²) in [7, 11) is 1.82. The molecule has 2 heterocycles. The summed E-state index contributed by atoms with van der Waals surface area (Å²) in [4.78, 5) is 13.7. The molecule has 1 aliphatic rings. The first kappa shape index (κ1) is 15.8. The zero-order chi connectivity index (χ0) is 15.7. The maximum Gasteiger partial charge on any atom is 0.410 e. The lowest BCUT2D eigenvalue weighted by atomic mass is 10.1. The van der Waals surface area contributed by atoms with Gasteiger partial charge in [-0.25, -0.2) is 4.79 Å². The number of amides is 1. The van der Waals surface area contributed by atoms with Crippen LogP contribution in [0.1, 0.15) is 39.8 Å². The van der Waals surface area contributed by atoms with Gasteiger partial charge in [-0.1, -0.05) is 5.21 Å². The fourth-order valence-electron chi connectivity index (χ4n) is 2.24. The predicted octanol–water partition coefficient (Wildman–Crippen LogP) is 1.73. The normalized spacial score (nSPS) is 22.6. The van der Waals surface area contributed by atoms with Crippen LogP contribution < -0.4 is 0 Å². The number of nitrogens with zero attached hydrogens (tertiary/aromatic N) is 4. The summed E-state index contributed by atoms with van der Waals surface area (Å²) in [5.41, 5.74) is -0.0558. The van der Waals surface area contributed by atoms with E-state index < -0.39 is 5.60 Å². The van der Waals surface area contributed by atoms with E-state index in [2.05, 4.69) is 10.3 Å². The van der Waals surface area contributed by atoms with E-state index in [1.165, 1.54) is 0 Å². The Hall–Kier alpha value is -1.63. The molecule has 0 bridgehead atoms. The molecule has 1 fully saturated rings. The zero-order valence-electron chi connectivity index (χ0n) is 13.4. The quantitative estimate of drug-likeness (QED) is 0.849. The van der Waals surface area contributed by atoms with Gasteiger partial charge in [-0.3, -0.25) is 4.68 Å². The van der Waals surface area contributed by atoms with Gasteiger partial charge in [-0.05, 0) is 34.1 Å². The molecule has 0 aliphatic carbocycles. The van der Waals surface area contributed by atoms with E-state index in [0.717, 1.165) is 12.1 Å². The standard InChI is InChI=1S/C14H24N4O3/c1-13(2,3)21-12(19)18-7-6-14(4,10-18)20-9-11-8-17(5)16-15-11/h8H,6-7,9-10H2,1-5H3. The average molecular weight is 296 g/mol. The van der Waals surface area contributed by atoms with Crippen molar-refractivity contribution in [2.75, 3.05) is 13.1 Å². The highest BCUT2D eigenvalue weighted by Gasteiger charge is 2.38. The highest BCUT2D eigenvalue weighted by Crippen LogP contribution is 2.27. The molecule has 0 radical (unpaired) electrons. The Morgan fingerprint density at radius 1 is 1.48 bits per heavy atom. The molecular weight excluding hydrogens is 272 g/mol. The molecule has 1 aromatic rings. The average Bonchev–Trinajstić information content (AvgIpc) is 2.92. The molecule has 0 saturated carbocycles. The van der Waals surface area contributed by atoms with Gasteiger partial charge in [0, 0.05) is 13.6 Å². The fraction of sp³-hybridized carbons (Fsp3) is 0.786. The minimum absolute atomic E-state index is 0.283. The molecular formula is C14H24N4O3. The third-order valence-electron chi connectivity index (χ3n) is 3.31. The molecule has 1 unspecified atom stereocenters. The summed E-state index contributed by atoms with van der Waals surface area (Å²) in [6.07, 6.45) is 2.32. The second-order valence-electron chi connectivity index (χ2n) is 6.77. The van der Waals surface area contributed by atoms with Gasteiger partial charge in [0.2, 0.25) is 0 Å². The van der Waals surface area contributed by atoms with E-state index in [1.807, 2.05) is 40.9 Å². The van der Waals surface area contributed by atoms with E-state index in [0.29, 0.717) is 19.7 Å². The van der Waals surface area contributed by atoms with Crippen LogP contribution in [-0.2, 0) is 23.1 Å².